The van der Waals surface area contributed by atoms with Crippen molar-refractivity contribution in [3.05, 3.63) is 12.2 Å². The molecule has 0 saturated carbocycles. The van der Waals surface area contributed by atoms with Crippen LogP contribution in [-0.2, 0) is 4.79 Å². The zero-order chi connectivity index (χ0) is 10.6. The molecule has 3 heteroatoms. The molecule has 0 atom stereocenters. The highest BCUT2D eigenvalue weighted by Crippen LogP contribution is 2.06. The smallest absolute Gasteiger partial charge is 0.327 e. The average molecular weight is 195 g/mol. The highest BCUT2D eigenvalue weighted by Gasteiger charge is 1.90. The number of aliphatic carboxylic acids is 1. The van der Waals surface area contributed by atoms with Crippen molar-refractivity contribution in [3.8, 4) is 6.07 Å². The van der Waals surface area contributed by atoms with Crippen molar-refractivity contribution in [3.63, 3.8) is 0 Å². The topological polar surface area (TPSA) is 61.1 Å². The lowest BCUT2D eigenvalue weighted by Crippen LogP contribution is -1.85. The molecule has 0 fully saturated rings. The van der Waals surface area contributed by atoms with Crippen molar-refractivity contribution in [2.45, 2.75) is 44.9 Å². The van der Waals surface area contributed by atoms with Crippen molar-refractivity contribution < 1.29 is 9.90 Å². The summed E-state index contributed by atoms with van der Waals surface area (Å²) in [5, 5.41) is 16.6. The van der Waals surface area contributed by atoms with E-state index in [-0.39, 0.29) is 0 Å². The molecule has 0 heterocycles. The molecule has 0 amide bonds. The molecule has 0 spiro atoms. The van der Waals surface area contributed by atoms with Gasteiger partial charge in [0.05, 0.1) is 6.07 Å². The van der Waals surface area contributed by atoms with Crippen molar-refractivity contribution in [2.24, 2.45) is 0 Å². The molecule has 78 valence electrons. The standard InChI is InChI=1S/C11H17NO2/c12-10-8-6-4-2-1-3-5-7-9-11(13)14/h7,9H,1-6,8H2,(H,13,14). The van der Waals surface area contributed by atoms with E-state index in [9.17, 15) is 4.79 Å². The molecular weight excluding hydrogens is 178 g/mol. The van der Waals surface area contributed by atoms with Crippen LogP contribution in [0, 0.1) is 11.3 Å². The third-order valence-electron chi connectivity index (χ3n) is 1.92. The summed E-state index contributed by atoms with van der Waals surface area (Å²) in [6.45, 7) is 0. The maximum Gasteiger partial charge on any atom is 0.327 e. The second kappa shape index (κ2) is 9.79. The molecule has 14 heavy (non-hydrogen) atoms. The van der Waals surface area contributed by atoms with Gasteiger partial charge in [0.25, 0.3) is 0 Å². The Labute approximate surface area is 85.0 Å². The lowest BCUT2D eigenvalue weighted by Gasteiger charge is -1.96. The Bertz CT molecular complexity index is 216. The molecule has 0 unspecified atom stereocenters. The van der Waals surface area contributed by atoms with Crippen LogP contribution in [0.2, 0.25) is 0 Å². The summed E-state index contributed by atoms with van der Waals surface area (Å²) >= 11 is 0. The second-order valence-electron chi connectivity index (χ2n) is 3.21. The van der Waals surface area contributed by atoms with Crippen LogP contribution >= 0.6 is 0 Å². The fraction of sp³-hybridized carbons (Fsp3) is 0.636. The highest BCUT2D eigenvalue weighted by atomic mass is 16.4. The summed E-state index contributed by atoms with van der Waals surface area (Å²) in [5.41, 5.74) is 0. The summed E-state index contributed by atoms with van der Waals surface area (Å²) in [5.74, 6) is -0.876. The number of unbranched alkanes of at least 4 members (excludes halogenated alkanes) is 6. The van der Waals surface area contributed by atoms with E-state index in [2.05, 4.69) is 6.07 Å². The van der Waals surface area contributed by atoms with Crippen LogP contribution in [-0.4, -0.2) is 11.1 Å². The second-order valence-corrected chi connectivity index (χ2v) is 3.21. The molecule has 0 saturated heterocycles. The molecule has 3 nitrogen and oxygen atoms in total. The quantitative estimate of drug-likeness (QED) is 0.478. The number of carboxylic acids is 1. The van der Waals surface area contributed by atoms with Gasteiger partial charge in [0, 0.05) is 12.5 Å². The largest absolute Gasteiger partial charge is 0.478 e. The Morgan fingerprint density at radius 2 is 1.86 bits per heavy atom. The number of hydrogen-bond acceptors (Lipinski definition) is 2. The van der Waals surface area contributed by atoms with Crippen LogP contribution in [0.15, 0.2) is 12.2 Å². The van der Waals surface area contributed by atoms with E-state index in [4.69, 9.17) is 10.4 Å². The molecule has 0 aliphatic heterocycles. The molecule has 0 aliphatic carbocycles. The van der Waals surface area contributed by atoms with Crippen molar-refractivity contribution in [1.29, 1.82) is 5.26 Å². The van der Waals surface area contributed by atoms with Gasteiger partial charge >= 0.3 is 5.97 Å². The third kappa shape index (κ3) is 10.7. The molecule has 0 aromatic rings. The molecule has 0 bridgehead atoms. The number of carbonyl (C=O) groups is 1. The van der Waals surface area contributed by atoms with Gasteiger partial charge < -0.3 is 5.11 Å². The number of nitrogens with zero attached hydrogens (tertiary/aromatic N) is 1. The Morgan fingerprint density at radius 1 is 1.21 bits per heavy atom. The van der Waals surface area contributed by atoms with Gasteiger partial charge in [-0.3, -0.25) is 0 Å². The van der Waals surface area contributed by atoms with E-state index in [1.165, 1.54) is 6.08 Å². The van der Waals surface area contributed by atoms with E-state index >= 15 is 0 Å². The average Bonchev–Trinajstić information content (AvgIpc) is 2.15. The van der Waals surface area contributed by atoms with Gasteiger partial charge in [-0.25, -0.2) is 4.79 Å². The Balaban J connectivity index is 3.07. The first kappa shape index (κ1) is 12.7. The number of nitriles is 1. The zero-order valence-electron chi connectivity index (χ0n) is 8.41. The minimum absolute atomic E-state index is 0.652. The maximum atomic E-state index is 10.1. The number of rotatable bonds is 8. The molecule has 0 aliphatic rings. The van der Waals surface area contributed by atoms with Crippen LogP contribution in [0.1, 0.15) is 44.9 Å². The highest BCUT2D eigenvalue weighted by molar-refractivity contribution is 5.79. The summed E-state index contributed by atoms with van der Waals surface area (Å²) in [7, 11) is 0. The molecule has 0 aromatic carbocycles. The first-order valence-corrected chi connectivity index (χ1v) is 5.04. The van der Waals surface area contributed by atoms with Crippen molar-refractivity contribution >= 4 is 5.97 Å². The summed E-state index contributed by atoms with van der Waals surface area (Å²) in [6.07, 6.45) is 9.77. The van der Waals surface area contributed by atoms with Crippen molar-refractivity contribution in [2.75, 3.05) is 0 Å². The fourth-order valence-corrected chi connectivity index (χ4v) is 1.18. The minimum atomic E-state index is -0.876. The maximum absolute atomic E-state index is 10.1. The van der Waals surface area contributed by atoms with E-state index in [1.807, 2.05) is 0 Å². The first-order chi connectivity index (χ1) is 6.77. The van der Waals surface area contributed by atoms with Gasteiger partial charge in [0.2, 0.25) is 0 Å². The van der Waals surface area contributed by atoms with E-state index in [0.29, 0.717) is 6.42 Å². The predicted octanol–water partition coefficient (Wildman–Crippen LogP) is 2.88. The Kier molecular flexibility index (Phi) is 8.88. The van der Waals surface area contributed by atoms with Gasteiger partial charge in [-0.1, -0.05) is 25.3 Å². The monoisotopic (exact) mass is 195 g/mol. The Hall–Kier alpha value is -1.30. The van der Waals surface area contributed by atoms with Crippen LogP contribution in [0.3, 0.4) is 0 Å². The van der Waals surface area contributed by atoms with Crippen LogP contribution in [0.5, 0.6) is 0 Å². The van der Waals surface area contributed by atoms with Gasteiger partial charge in [-0.2, -0.15) is 5.26 Å². The van der Waals surface area contributed by atoms with E-state index in [0.717, 1.165) is 38.5 Å². The molecule has 1 N–H and O–H groups in total. The van der Waals surface area contributed by atoms with Crippen LogP contribution in [0.4, 0.5) is 0 Å². The van der Waals surface area contributed by atoms with Gasteiger partial charge in [-0.15, -0.1) is 0 Å². The zero-order valence-corrected chi connectivity index (χ0v) is 8.41. The number of carboxylic acid groups (broad SMARTS) is 1. The Morgan fingerprint density at radius 3 is 2.50 bits per heavy atom. The summed E-state index contributed by atoms with van der Waals surface area (Å²) < 4.78 is 0. The van der Waals surface area contributed by atoms with Crippen LogP contribution < -0.4 is 0 Å². The van der Waals surface area contributed by atoms with Gasteiger partial charge in [0.15, 0.2) is 0 Å². The number of allylic oxidation sites excluding steroid dienone is 1. The molecule has 0 radical (unpaired) electrons. The lowest BCUT2D eigenvalue weighted by molar-refractivity contribution is -0.131. The minimum Gasteiger partial charge on any atom is -0.478 e. The fourth-order valence-electron chi connectivity index (χ4n) is 1.18. The van der Waals surface area contributed by atoms with Crippen molar-refractivity contribution in [1.82, 2.24) is 0 Å². The van der Waals surface area contributed by atoms with Crippen LogP contribution in [0.25, 0.3) is 0 Å². The SMILES string of the molecule is N#CCCCCCCCC=CC(=O)O. The lowest BCUT2D eigenvalue weighted by atomic mass is 10.1. The molecular formula is C11H17NO2. The van der Waals surface area contributed by atoms with E-state index in [1.54, 1.807) is 6.08 Å². The van der Waals surface area contributed by atoms with Gasteiger partial charge in [0.1, 0.15) is 0 Å². The number of hydrogen-bond donors (Lipinski definition) is 1. The predicted molar refractivity (Wildman–Crippen MR) is 54.7 cm³/mol. The first-order valence-electron chi connectivity index (χ1n) is 5.04. The third-order valence-corrected chi connectivity index (χ3v) is 1.92. The molecule has 0 rings (SSSR count). The van der Waals surface area contributed by atoms with E-state index < -0.39 is 5.97 Å². The summed E-state index contributed by atoms with van der Waals surface area (Å²) in [6, 6.07) is 2.11. The van der Waals surface area contributed by atoms with Gasteiger partial charge in [-0.05, 0) is 19.3 Å². The summed E-state index contributed by atoms with van der Waals surface area (Å²) in [4.78, 5) is 10.1. The molecule has 0 aromatic heterocycles. The normalized spacial score (nSPS) is 10.2.